The third-order valence-corrected chi connectivity index (χ3v) is 2.39. The second-order valence-electron chi connectivity index (χ2n) is 3.68. The summed E-state index contributed by atoms with van der Waals surface area (Å²) in [5.74, 6) is 0. The van der Waals surface area contributed by atoms with Crippen molar-refractivity contribution in [3.63, 3.8) is 0 Å². The van der Waals surface area contributed by atoms with Gasteiger partial charge in [-0.05, 0) is 12.8 Å². The fraction of sp³-hybridized carbons (Fsp3) is 1.00. The molecule has 0 aromatic heterocycles. The SMILES string of the molecule is CCCCCCCCCC(N)OC. The van der Waals surface area contributed by atoms with Crippen LogP contribution in [0.1, 0.15) is 58.3 Å². The minimum absolute atomic E-state index is 0.0457. The Hall–Kier alpha value is -0.0800. The highest BCUT2D eigenvalue weighted by molar-refractivity contribution is 4.49. The summed E-state index contributed by atoms with van der Waals surface area (Å²) < 4.78 is 4.97. The van der Waals surface area contributed by atoms with Gasteiger partial charge in [0.05, 0.1) is 0 Å². The molecule has 0 aliphatic heterocycles. The Morgan fingerprint density at radius 1 is 1.00 bits per heavy atom. The number of hydrogen-bond donors (Lipinski definition) is 1. The number of rotatable bonds is 9. The Labute approximate surface area is 82.8 Å². The lowest BCUT2D eigenvalue weighted by atomic mass is 10.1. The maximum atomic E-state index is 5.61. The van der Waals surface area contributed by atoms with Crippen LogP contribution in [0.4, 0.5) is 0 Å². The summed E-state index contributed by atoms with van der Waals surface area (Å²) in [6.45, 7) is 2.25. The first kappa shape index (κ1) is 12.9. The van der Waals surface area contributed by atoms with Crippen LogP contribution in [0.2, 0.25) is 0 Å². The molecular weight excluding hydrogens is 162 g/mol. The average Bonchev–Trinajstić information content (AvgIpc) is 2.16. The van der Waals surface area contributed by atoms with E-state index in [0.717, 1.165) is 6.42 Å². The zero-order valence-corrected chi connectivity index (χ0v) is 9.22. The van der Waals surface area contributed by atoms with E-state index in [1.54, 1.807) is 7.11 Å². The van der Waals surface area contributed by atoms with E-state index >= 15 is 0 Å². The lowest BCUT2D eigenvalue weighted by molar-refractivity contribution is 0.0983. The van der Waals surface area contributed by atoms with E-state index in [1.165, 1.54) is 44.9 Å². The molecule has 1 unspecified atom stereocenters. The van der Waals surface area contributed by atoms with Crippen LogP contribution < -0.4 is 5.73 Å². The van der Waals surface area contributed by atoms with Gasteiger partial charge in [0.15, 0.2) is 0 Å². The van der Waals surface area contributed by atoms with E-state index < -0.39 is 0 Å². The van der Waals surface area contributed by atoms with Crippen molar-refractivity contribution >= 4 is 0 Å². The van der Waals surface area contributed by atoms with Gasteiger partial charge in [-0.25, -0.2) is 0 Å². The molecule has 2 nitrogen and oxygen atoms in total. The van der Waals surface area contributed by atoms with E-state index in [4.69, 9.17) is 10.5 Å². The quantitative estimate of drug-likeness (QED) is 0.445. The normalized spacial score (nSPS) is 13.2. The number of hydrogen-bond acceptors (Lipinski definition) is 2. The van der Waals surface area contributed by atoms with E-state index in [-0.39, 0.29) is 6.23 Å². The van der Waals surface area contributed by atoms with Crippen molar-refractivity contribution < 1.29 is 4.74 Å². The molecule has 80 valence electrons. The van der Waals surface area contributed by atoms with Crippen molar-refractivity contribution in [2.45, 2.75) is 64.5 Å². The monoisotopic (exact) mass is 187 g/mol. The average molecular weight is 187 g/mol. The lowest BCUT2D eigenvalue weighted by Gasteiger charge is -2.08. The fourth-order valence-electron chi connectivity index (χ4n) is 1.42. The van der Waals surface area contributed by atoms with Crippen LogP contribution in [0.5, 0.6) is 0 Å². The molecule has 0 saturated carbocycles. The molecule has 0 aliphatic rings. The van der Waals surface area contributed by atoms with Gasteiger partial charge in [-0.3, -0.25) is 0 Å². The van der Waals surface area contributed by atoms with Gasteiger partial charge in [0.25, 0.3) is 0 Å². The van der Waals surface area contributed by atoms with E-state index in [1.807, 2.05) is 0 Å². The molecule has 0 radical (unpaired) electrons. The Morgan fingerprint density at radius 2 is 1.54 bits per heavy atom. The molecule has 13 heavy (non-hydrogen) atoms. The van der Waals surface area contributed by atoms with Gasteiger partial charge in [-0.2, -0.15) is 0 Å². The van der Waals surface area contributed by atoms with Crippen LogP contribution in [-0.4, -0.2) is 13.3 Å². The smallest absolute Gasteiger partial charge is 0.105 e. The largest absolute Gasteiger partial charge is 0.367 e. The molecule has 0 spiro atoms. The predicted octanol–water partition coefficient (Wildman–Crippen LogP) is 3.06. The highest BCUT2D eigenvalue weighted by Gasteiger charge is 1.98. The van der Waals surface area contributed by atoms with E-state index in [9.17, 15) is 0 Å². The van der Waals surface area contributed by atoms with E-state index in [2.05, 4.69) is 6.92 Å². The Morgan fingerprint density at radius 3 is 2.08 bits per heavy atom. The Bertz CT molecular complexity index is 96.1. The zero-order chi connectivity index (χ0) is 9.94. The summed E-state index contributed by atoms with van der Waals surface area (Å²) in [5, 5.41) is 0. The Balaban J connectivity index is 2.91. The van der Waals surface area contributed by atoms with Crippen LogP contribution in [0.3, 0.4) is 0 Å². The predicted molar refractivity (Wildman–Crippen MR) is 57.6 cm³/mol. The topological polar surface area (TPSA) is 35.2 Å². The summed E-state index contributed by atoms with van der Waals surface area (Å²) in [6, 6.07) is 0. The van der Waals surface area contributed by atoms with Crippen molar-refractivity contribution in [2.75, 3.05) is 7.11 Å². The van der Waals surface area contributed by atoms with Crippen molar-refractivity contribution in [2.24, 2.45) is 5.73 Å². The van der Waals surface area contributed by atoms with Crippen LogP contribution in [-0.2, 0) is 4.74 Å². The minimum Gasteiger partial charge on any atom is -0.367 e. The number of methoxy groups -OCH3 is 1. The second kappa shape index (κ2) is 10.0. The molecule has 2 heteroatoms. The minimum atomic E-state index is -0.0457. The highest BCUT2D eigenvalue weighted by atomic mass is 16.5. The molecule has 0 saturated heterocycles. The lowest BCUT2D eigenvalue weighted by Crippen LogP contribution is -2.21. The van der Waals surface area contributed by atoms with Crippen LogP contribution >= 0.6 is 0 Å². The third-order valence-electron chi connectivity index (χ3n) is 2.39. The standard InChI is InChI=1S/C11H25NO/c1-3-4-5-6-7-8-9-10-11(12)13-2/h11H,3-10,12H2,1-2H3. The van der Waals surface area contributed by atoms with Crippen molar-refractivity contribution in [3.05, 3.63) is 0 Å². The Kier molecular flexibility index (Phi) is 9.94. The number of ether oxygens (including phenoxy) is 1. The first-order chi connectivity index (χ1) is 6.31. The van der Waals surface area contributed by atoms with Gasteiger partial charge in [0.2, 0.25) is 0 Å². The summed E-state index contributed by atoms with van der Waals surface area (Å²) in [5.41, 5.74) is 5.61. The van der Waals surface area contributed by atoms with Crippen LogP contribution in [0, 0.1) is 0 Å². The van der Waals surface area contributed by atoms with Gasteiger partial charge in [-0.15, -0.1) is 0 Å². The molecule has 0 aromatic rings. The molecule has 1 atom stereocenters. The first-order valence-corrected chi connectivity index (χ1v) is 5.59. The maximum Gasteiger partial charge on any atom is 0.105 e. The fourth-order valence-corrected chi connectivity index (χ4v) is 1.42. The van der Waals surface area contributed by atoms with Crippen molar-refractivity contribution in [3.8, 4) is 0 Å². The molecule has 0 rings (SSSR count). The van der Waals surface area contributed by atoms with Gasteiger partial charge in [0, 0.05) is 7.11 Å². The first-order valence-electron chi connectivity index (χ1n) is 5.59. The summed E-state index contributed by atoms with van der Waals surface area (Å²) in [7, 11) is 1.67. The summed E-state index contributed by atoms with van der Waals surface area (Å²) in [6.07, 6.45) is 10.3. The summed E-state index contributed by atoms with van der Waals surface area (Å²) in [4.78, 5) is 0. The van der Waals surface area contributed by atoms with Crippen LogP contribution in [0.25, 0.3) is 0 Å². The molecule has 0 heterocycles. The van der Waals surface area contributed by atoms with Gasteiger partial charge >= 0.3 is 0 Å². The molecule has 0 aliphatic carbocycles. The molecule has 0 bridgehead atoms. The number of nitrogens with two attached hydrogens (primary N) is 1. The molecule has 0 aromatic carbocycles. The van der Waals surface area contributed by atoms with Crippen molar-refractivity contribution in [1.29, 1.82) is 0 Å². The van der Waals surface area contributed by atoms with Crippen LogP contribution in [0.15, 0.2) is 0 Å². The van der Waals surface area contributed by atoms with Gasteiger partial charge < -0.3 is 10.5 Å². The van der Waals surface area contributed by atoms with Gasteiger partial charge in [-0.1, -0.05) is 45.4 Å². The third kappa shape index (κ3) is 9.84. The second-order valence-corrected chi connectivity index (χ2v) is 3.68. The molecule has 0 fully saturated rings. The van der Waals surface area contributed by atoms with Crippen molar-refractivity contribution in [1.82, 2.24) is 0 Å². The number of unbranched alkanes of at least 4 members (excludes halogenated alkanes) is 6. The maximum absolute atomic E-state index is 5.61. The van der Waals surface area contributed by atoms with Gasteiger partial charge in [0.1, 0.15) is 6.23 Å². The molecular formula is C11H25NO. The molecule has 0 amide bonds. The van der Waals surface area contributed by atoms with E-state index in [0.29, 0.717) is 0 Å². The molecule has 2 N–H and O–H groups in total. The zero-order valence-electron chi connectivity index (χ0n) is 9.22. The highest BCUT2D eigenvalue weighted by Crippen LogP contribution is 2.09. The summed E-state index contributed by atoms with van der Waals surface area (Å²) >= 11 is 0.